The van der Waals surface area contributed by atoms with Gasteiger partial charge in [-0.1, -0.05) is 6.42 Å². The van der Waals surface area contributed by atoms with Crippen molar-refractivity contribution in [3.63, 3.8) is 0 Å². The first kappa shape index (κ1) is 16.1. The van der Waals surface area contributed by atoms with Crippen LogP contribution in [0.25, 0.3) is 0 Å². The van der Waals surface area contributed by atoms with Gasteiger partial charge in [-0.3, -0.25) is 10.1 Å². The first-order valence-electron chi connectivity index (χ1n) is 6.55. The maximum atomic E-state index is 12.2. The van der Waals surface area contributed by atoms with Crippen LogP contribution in [0.3, 0.4) is 0 Å². The molecule has 0 spiro atoms. The molecule has 0 aromatic heterocycles. The van der Waals surface area contributed by atoms with E-state index in [1.807, 2.05) is 0 Å². The number of nitrogens with zero attached hydrogens (tertiary/aromatic N) is 1. The molecular weight excluding hydrogens is 314 g/mol. The van der Waals surface area contributed by atoms with Gasteiger partial charge in [0, 0.05) is 17.9 Å². The number of thioether (sulfide) groups is 1. The normalized spacial score (nSPS) is 19.3. The minimum atomic E-state index is -3.69. The number of nitrogen functional groups attached to an aromatic ring is 1. The number of nitrogens with two attached hydrogens (primary N) is 1. The number of sulfonamides is 1. The van der Waals surface area contributed by atoms with Crippen molar-refractivity contribution in [2.24, 2.45) is 0 Å². The lowest BCUT2D eigenvalue weighted by atomic mass is 10.2. The van der Waals surface area contributed by atoms with E-state index >= 15 is 0 Å². The van der Waals surface area contributed by atoms with Gasteiger partial charge in [0.2, 0.25) is 10.0 Å². The number of anilines is 1. The number of rotatable bonds is 5. The molecule has 1 aliphatic rings. The molecule has 1 unspecified atom stereocenters. The largest absolute Gasteiger partial charge is 0.393 e. The van der Waals surface area contributed by atoms with Crippen molar-refractivity contribution in [2.75, 3.05) is 18.0 Å². The van der Waals surface area contributed by atoms with Crippen molar-refractivity contribution < 1.29 is 13.3 Å². The fourth-order valence-electron chi connectivity index (χ4n) is 2.12. The van der Waals surface area contributed by atoms with Gasteiger partial charge in [0.1, 0.15) is 5.69 Å². The first-order chi connectivity index (χ1) is 9.90. The number of nitro groups is 1. The summed E-state index contributed by atoms with van der Waals surface area (Å²) < 4.78 is 26.9. The Labute approximate surface area is 127 Å². The number of nitrogens with one attached hydrogen (secondary N) is 1. The van der Waals surface area contributed by atoms with Crippen molar-refractivity contribution in [1.82, 2.24) is 4.72 Å². The van der Waals surface area contributed by atoms with E-state index in [1.54, 1.807) is 11.8 Å². The van der Waals surface area contributed by atoms with E-state index in [1.165, 1.54) is 12.5 Å². The van der Waals surface area contributed by atoms with Gasteiger partial charge >= 0.3 is 0 Å². The third-order valence-electron chi connectivity index (χ3n) is 3.28. The summed E-state index contributed by atoms with van der Waals surface area (Å²) in [5.74, 6) is 1.05. The van der Waals surface area contributed by atoms with Crippen molar-refractivity contribution in [2.45, 2.75) is 29.4 Å². The summed E-state index contributed by atoms with van der Waals surface area (Å²) in [5.41, 5.74) is 5.07. The van der Waals surface area contributed by atoms with Gasteiger partial charge in [0.25, 0.3) is 5.69 Å². The Morgan fingerprint density at radius 2 is 2.19 bits per heavy atom. The van der Waals surface area contributed by atoms with Gasteiger partial charge in [0.15, 0.2) is 0 Å². The highest BCUT2D eigenvalue weighted by molar-refractivity contribution is 8.00. The van der Waals surface area contributed by atoms with E-state index in [9.17, 15) is 18.5 Å². The molecule has 1 atom stereocenters. The predicted octanol–water partition coefficient (Wildman–Crippen LogP) is 1.74. The van der Waals surface area contributed by atoms with E-state index < -0.39 is 14.9 Å². The second kappa shape index (κ2) is 6.63. The highest BCUT2D eigenvalue weighted by Crippen LogP contribution is 2.26. The Hall–Kier alpha value is -1.32. The van der Waals surface area contributed by atoms with Crippen LogP contribution in [-0.4, -0.2) is 30.9 Å². The number of hydrogen-bond donors (Lipinski definition) is 2. The lowest BCUT2D eigenvalue weighted by molar-refractivity contribution is -0.383. The van der Waals surface area contributed by atoms with Crippen molar-refractivity contribution in [3.05, 3.63) is 28.3 Å². The molecule has 116 valence electrons. The molecule has 2 rings (SSSR count). The Kier molecular flexibility index (Phi) is 5.07. The minimum Gasteiger partial charge on any atom is -0.393 e. The van der Waals surface area contributed by atoms with Crippen LogP contribution in [0.1, 0.15) is 19.3 Å². The summed E-state index contributed by atoms with van der Waals surface area (Å²) in [7, 11) is -3.69. The van der Waals surface area contributed by atoms with E-state index in [2.05, 4.69) is 4.72 Å². The summed E-state index contributed by atoms with van der Waals surface area (Å²) in [6, 6.07) is 3.43. The molecule has 0 saturated carbocycles. The Balaban J connectivity index is 2.08. The SMILES string of the molecule is Nc1cc(S(=O)(=O)NCC2CCCCS2)ccc1[N+](=O)[O-]. The lowest BCUT2D eigenvalue weighted by Gasteiger charge is -2.21. The Bertz CT molecular complexity index is 627. The maximum Gasteiger partial charge on any atom is 0.292 e. The summed E-state index contributed by atoms with van der Waals surface area (Å²) >= 11 is 1.77. The van der Waals surface area contributed by atoms with Gasteiger partial charge in [-0.2, -0.15) is 11.8 Å². The minimum absolute atomic E-state index is 0.0496. The highest BCUT2D eigenvalue weighted by Gasteiger charge is 2.21. The summed E-state index contributed by atoms with van der Waals surface area (Å²) in [6.45, 7) is 0.365. The molecule has 21 heavy (non-hydrogen) atoms. The third-order valence-corrected chi connectivity index (χ3v) is 6.10. The molecule has 1 heterocycles. The van der Waals surface area contributed by atoms with E-state index in [4.69, 9.17) is 5.73 Å². The molecule has 1 aliphatic heterocycles. The number of benzene rings is 1. The third kappa shape index (κ3) is 4.08. The van der Waals surface area contributed by atoms with E-state index in [0.717, 1.165) is 30.7 Å². The second-order valence-electron chi connectivity index (χ2n) is 4.82. The van der Waals surface area contributed by atoms with Crippen LogP contribution in [0.5, 0.6) is 0 Å². The van der Waals surface area contributed by atoms with Crippen molar-refractivity contribution >= 4 is 33.2 Å². The van der Waals surface area contributed by atoms with Gasteiger partial charge in [-0.05, 0) is 30.7 Å². The molecule has 0 radical (unpaired) electrons. The Morgan fingerprint density at radius 1 is 1.43 bits per heavy atom. The van der Waals surface area contributed by atoms with Crippen molar-refractivity contribution in [1.29, 1.82) is 0 Å². The fraction of sp³-hybridized carbons (Fsp3) is 0.500. The topological polar surface area (TPSA) is 115 Å². The number of nitro benzene ring substituents is 1. The van der Waals surface area contributed by atoms with Crippen molar-refractivity contribution in [3.8, 4) is 0 Å². The molecule has 1 fully saturated rings. The molecule has 7 nitrogen and oxygen atoms in total. The second-order valence-corrected chi connectivity index (χ2v) is 7.99. The molecule has 9 heteroatoms. The molecule has 1 aromatic carbocycles. The standard InChI is InChI=1S/C12H17N3O4S2/c13-11-7-10(4-5-12(11)15(16)17)21(18,19)14-8-9-3-1-2-6-20-9/h4-5,7,9,14H,1-3,6,8,13H2. The monoisotopic (exact) mass is 331 g/mol. The quantitative estimate of drug-likeness (QED) is 0.482. The van der Waals surface area contributed by atoms with Gasteiger partial charge in [-0.15, -0.1) is 0 Å². The zero-order chi connectivity index (χ0) is 15.5. The zero-order valence-electron chi connectivity index (χ0n) is 11.3. The van der Waals surface area contributed by atoms with Crippen LogP contribution < -0.4 is 10.5 Å². The Morgan fingerprint density at radius 3 is 2.76 bits per heavy atom. The summed E-state index contributed by atoms with van der Waals surface area (Å²) in [5, 5.41) is 11.0. The summed E-state index contributed by atoms with van der Waals surface area (Å²) in [4.78, 5) is 9.98. The molecule has 0 amide bonds. The molecule has 1 aromatic rings. The predicted molar refractivity (Wildman–Crippen MR) is 82.8 cm³/mol. The van der Waals surface area contributed by atoms with E-state index in [0.29, 0.717) is 6.54 Å². The highest BCUT2D eigenvalue weighted by atomic mass is 32.2. The summed E-state index contributed by atoms with van der Waals surface area (Å²) in [6.07, 6.45) is 3.28. The van der Waals surface area contributed by atoms with Crippen LogP contribution in [0.4, 0.5) is 11.4 Å². The van der Waals surface area contributed by atoms with Crippen LogP contribution in [0.2, 0.25) is 0 Å². The molecule has 0 bridgehead atoms. The zero-order valence-corrected chi connectivity index (χ0v) is 13.0. The van der Waals surface area contributed by atoms with Crippen LogP contribution in [-0.2, 0) is 10.0 Å². The molecular formula is C12H17N3O4S2. The smallest absolute Gasteiger partial charge is 0.292 e. The van der Waals surface area contributed by atoms with Crippen LogP contribution in [0.15, 0.2) is 23.1 Å². The van der Waals surface area contributed by atoms with Gasteiger partial charge in [-0.25, -0.2) is 13.1 Å². The van der Waals surface area contributed by atoms with E-state index in [-0.39, 0.29) is 21.5 Å². The maximum absolute atomic E-state index is 12.2. The lowest BCUT2D eigenvalue weighted by Crippen LogP contribution is -2.32. The number of hydrogen-bond acceptors (Lipinski definition) is 6. The molecule has 1 saturated heterocycles. The fourth-order valence-corrected chi connectivity index (χ4v) is 4.58. The molecule has 0 aliphatic carbocycles. The average molecular weight is 331 g/mol. The van der Waals surface area contributed by atoms with Gasteiger partial charge < -0.3 is 5.73 Å². The average Bonchev–Trinajstić information content (AvgIpc) is 2.46. The van der Waals surface area contributed by atoms with Crippen LogP contribution in [0, 0.1) is 10.1 Å². The van der Waals surface area contributed by atoms with Crippen LogP contribution >= 0.6 is 11.8 Å². The first-order valence-corrected chi connectivity index (χ1v) is 9.08. The van der Waals surface area contributed by atoms with Gasteiger partial charge in [0.05, 0.1) is 9.82 Å². The molecule has 3 N–H and O–H groups in total.